The zero-order valence-corrected chi connectivity index (χ0v) is 18.2. The largest absolute Gasteiger partial charge is 0.339 e. The van der Waals surface area contributed by atoms with Crippen LogP contribution in [-0.2, 0) is 10.5 Å². The van der Waals surface area contributed by atoms with E-state index in [0.717, 1.165) is 32.7 Å². The van der Waals surface area contributed by atoms with Gasteiger partial charge in [0.15, 0.2) is 0 Å². The predicted octanol–water partition coefficient (Wildman–Crippen LogP) is 3.01. The average Bonchev–Trinajstić information content (AvgIpc) is 2.80. The summed E-state index contributed by atoms with van der Waals surface area (Å²) in [5, 5.41) is 0.587. The average molecular weight is 435 g/mol. The van der Waals surface area contributed by atoms with Crippen molar-refractivity contribution >= 4 is 34.6 Å². The van der Waals surface area contributed by atoms with E-state index >= 15 is 0 Å². The summed E-state index contributed by atoms with van der Waals surface area (Å²) in [4.78, 5) is 36.3. The lowest BCUT2D eigenvalue weighted by atomic mass is 10.2. The van der Waals surface area contributed by atoms with Crippen LogP contribution in [0.2, 0.25) is 0 Å². The van der Waals surface area contributed by atoms with Crippen molar-refractivity contribution in [3.8, 4) is 0 Å². The van der Waals surface area contributed by atoms with Gasteiger partial charge in [-0.15, -0.1) is 11.8 Å². The number of carbonyl (C=O) groups is 1. The number of amides is 1. The Kier molecular flexibility index (Phi) is 7.17. The van der Waals surface area contributed by atoms with E-state index in [9.17, 15) is 9.59 Å². The van der Waals surface area contributed by atoms with Crippen LogP contribution in [0.5, 0.6) is 0 Å². The quantitative estimate of drug-likeness (QED) is 0.619. The van der Waals surface area contributed by atoms with Crippen LogP contribution in [0.4, 0.5) is 0 Å². The summed E-state index contributed by atoms with van der Waals surface area (Å²) in [6, 6.07) is 17.6. The first kappa shape index (κ1) is 21.3. The third-order valence-electron chi connectivity index (χ3n) is 5.32. The normalized spacial score (nSPS) is 15.0. The summed E-state index contributed by atoms with van der Waals surface area (Å²) in [7, 11) is 0. The number of benzene rings is 2. The molecule has 1 N–H and O–H groups in total. The van der Waals surface area contributed by atoms with Crippen LogP contribution in [0.15, 0.2) is 65.5 Å². The molecule has 0 spiro atoms. The Morgan fingerprint density at radius 1 is 1.03 bits per heavy atom. The number of hydrogen-bond acceptors (Lipinski definition) is 5. The van der Waals surface area contributed by atoms with Crippen LogP contribution in [0.1, 0.15) is 11.4 Å². The Hall–Kier alpha value is -2.90. The molecule has 6 nitrogen and oxygen atoms in total. The standard InChI is InChI=1S/C24H26N4O2S/c29-23(18-31-17-22-25-21-11-5-4-10-20(21)24(30)26-22)28-15-13-27(14-16-28)12-6-9-19-7-2-1-3-8-19/h1-11H,12-18H2,(H,25,26,30). The minimum absolute atomic E-state index is 0.134. The molecule has 4 rings (SSSR count). The van der Waals surface area contributed by atoms with E-state index in [0.29, 0.717) is 28.2 Å². The zero-order valence-electron chi connectivity index (χ0n) is 17.4. The Labute approximate surface area is 186 Å². The molecule has 1 amide bonds. The molecule has 160 valence electrons. The fraction of sp³-hybridized carbons (Fsp3) is 0.292. The van der Waals surface area contributed by atoms with Crippen LogP contribution in [0.3, 0.4) is 0 Å². The molecule has 0 radical (unpaired) electrons. The lowest BCUT2D eigenvalue weighted by Gasteiger charge is -2.34. The molecule has 31 heavy (non-hydrogen) atoms. The van der Waals surface area contributed by atoms with Crippen molar-refractivity contribution < 1.29 is 4.79 Å². The van der Waals surface area contributed by atoms with Crippen molar-refractivity contribution in [1.29, 1.82) is 0 Å². The van der Waals surface area contributed by atoms with Gasteiger partial charge >= 0.3 is 0 Å². The Morgan fingerprint density at radius 3 is 2.58 bits per heavy atom. The van der Waals surface area contributed by atoms with Gasteiger partial charge in [0.1, 0.15) is 5.82 Å². The smallest absolute Gasteiger partial charge is 0.258 e. The van der Waals surface area contributed by atoms with Crippen LogP contribution < -0.4 is 5.56 Å². The molecule has 0 saturated carbocycles. The first-order valence-electron chi connectivity index (χ1n) is 10.5. The van der Waals surface area contributed by atoms with E-state index in [4.69, 9.17) is 0 Å². The third-order valence-corrected chi connectivity index (χ3v) is 6.25. The van der Waals surface area contributed by atoms with Crippen molar-refractivity contribution in [2.24, 2.45) is 0 Å². The second kappa shape index (κ2) is 10.4. The van der Waals surface area contributed by atoms with Crippen molar-refractivity contribution in [3.63, 3.8) is 0 Å². The van der Waals surface area contributed by atoms with Gasteiger partial charge in [-0.05, 0) is 17.7 Å². The molecular weight excluding hydrogens is 408 g/mol. The first-order valence-corrected chi connectivity index (χ1v) is 11.6. The van der Waals surface area contributed by atoms with Gasteiger partial charge in [-0.25, -0.2) is 4.98 Å². The number of fused-ring (bicyclic) bond motifs is 1. The van der Waals surface area contributed by atoms with Gasteiger partial charge in [0.25, 0.3) is 5.56 Å². The van der Waals surface area contributed by atoms with Crippen LogP contribution in [0, 0.1) is 0 Å². The van der Waals surface area contributed by atoms with Gasteiger partial charge in [-0.2, -0.15) is 0 Å². The van der Waals surface area contributed by atoms with Gasteiger partial charge in [0.05, 0.1) is 22.4 Å². The molecular formula is C24H26N4O2S. The fourth-order valence-corrected chi connectivity index (χ4v) is 4.40. The van der Waals surface area contributed by atoms with E-state index in [-0.39, 0.29) is 11.5 Å². The second-order valence-electron chi connectivity index (χ2n) is 7.52. The van der Waals surface area contributed by atoms with Gasteiger partial charge in [0, 0.05) is 32.7 Å². The van der Waals surface area contributed by atoms with Crippen molar-refractivity contribution in [1.82, 2.24) is 19.8 Å². The van der Waals surface area contributed by atoms with E-state index < -0.39 is 0 Å². The van der Waals surface area contributed by atoms with Gasteiger partial charge in [-0.3, -0.25) is 14.5 Å². The van der Waals surface area contributed by atoms with Gasteiger partial charge in [0.2, 0.25) is 5.91 Å². The number of nitrogens with one attached hydrogen (secondary N) is 1. The highest BCUT2D eigenvalue weighted by Crippen LogP contribution is 2.13. The molecule has 3 aromatic rings. The number of carbonyl (C=O) groups excluding carboxylic acids is 1. The Morgan fingerprint density at radius 2 is 1.77 bits per heavy atom. The maximum Gasteiger partial charge on any atom is 0.258 e. The number of nitrogens with zero attached hydrogens (tertiary/aromatic N) is 3. The van der Waals surface area contributed by atoms with Crippen LogP contribution in [0.25, 0.3) is 17.0 Å². The number of aromatic nitrogens is 2. The van der Waals surface area contributed by atoms with Crippen molar-refractivity contribution in [2.45, 2.75) is 5.75 Å². The SMILES string of the molecule is O=C(CSCc1nc2ccccc2c(=O)[nH]1)N1CCN(CC=Cc2ccccc2)CC1. The monoisotopic (exact) mass is 434 g/mol. The van der Waals surface area contributed by atoms with Crippen molar-refractivity contribution in [3.05, 3.63) is 82.4 Å². The summed E-state index contributed by atoms with van der Waals surface area (Å²) in [5.74, 6) is 1.66. The number of H-pyrrole nitrogens is 1. The molecule has 0 unspecified atom stereocenters. The topological polar surface area (TPSA) is 69.3 Å². The summed E-state index contributed by atoms with van der Waals surface area (Å²) >= 11 is 1.49. The predicted molar refractivity (Wildman–Crippen MR) is 127 cm³/mol. The Bertz CT molecular complexity index is 1110. The van der Waals surface area contributed by atoms with Crippen molar-refractivity contribution in [2.75, 3.05) is 38.5 Å². The maximum absolute atomic E-state index is 12.6. The van der Waals surface area contributed by atoms with E-state index in [2.05, 4.69) is 39.2 Å². The van der Waals surface area contributed by atoms with Crippen LogP contribution >= 0.6 is 11.8 Å². The van der Waals surface area contributed by atoms with E-state index in [1.807, 2.05) is 41.3 Å². The highest BCUT2D eigenvalue weighted by atomic mass is 32.2. The lowest BCUT2D eigenvalue weighted by molar-refractivity contribution is -0.129. The molecule has 7 heteroatoms. The molecule has 1 saturated heterocycles. The van der Waals surface area contributed by atoms with Gasteiger partial charge < -0.3 is 9.88 Å². The maximum atomic E-state index is 12.6. The number of hydrogen-bond donors (Lipinski definition) is 1. The minimum Gasteiger partial charge on any atom is -0.339 e. The molecule has 1 aromatic heterocycles. The summed E-state index contributed by atoms with van der Waals surface area (Å²) in [6.45, 7) is 4.17. The van der Waals surface area contributed by atoms with Crippen LogP contribution in [-0.4, -0.2) is 64.2 Å². The fourth-order valence-electron chi connectivity index (χ4n) is 3.61. The number of rotatable bonds is 7. The van der Waals surface area contributed by atoms with E-state index in [1.165, 1.54) is 17.3 Å². The molecule has 0 atom stereocenters. The molecule has 0 aliphatic carbocycles. The summed E-state index contributed by atoms with van der Waals surface area (Å²) in [5.41, 5.74) is 1.76. The lowest BCUT2D eigenvalue weighted by Crippen LogP contribution is -2.49. The second-order valence-corrected chi connectivity index (χ2v) is 8.50. The zero-order chi connectivity index (χ0) is 21.5. The third kappa shape index (κ3) is 5.83. The summed E-state index contributed by atoms with van der Waals surface area (Å²) in [6.07, 6.45) is 4.32. The molecule has 1 aliphatic rings. The molecule has 0 bridgehead atoms. The number of piperazine rings is 1. The molecule has 1 aliphatic heterocycles. The highest BCUT2D eigenvalue weighted by Gasteiger charge is 2.20. The first-order chi connectivity index (χ1) is 15.2. The number of thioether (sulfide) groups is 1. The molecule has 2 aromatic carbocycles. The molecule has 2 heterocycles. The minimum atomic E-state index is -0.134. The van der Waals surface area contributed by atoms with E-state index in [1.54, 1.807) is 6.07 Å². The van der Waals surface area contributed by atoms with Gasteiger partial charge in [-0.1, -0.05) is 54.6 Å². The Balaban J connectivity index is 1.20. The summed E-state index contributed by atoms with van der Waals surface area (Å²) < 4.78 is 0. The highest BCUT2D eigenvalue weighted by molar-refractivity contribution is 7.99. The molecule has 1 fully saturated rings. The number of para-hydroxylation sites is 1. The number of aromatic amines is 1.